The first-order valence-electron chi connectivity index (χ1n) is 4.71. The first-order valence-corrected chi connectivity index (χ1v) is 4.71. The highest BCUT2D eigenvalue weighted by molar-refractivity contribution is 6.00. The third-order valence-electron chi connectivity index (χ3n) is 1.88. The Bertz CT molecular complexity index is 519. The summed E-state index contributed by atoms with van der Waals surface area (Å²) in [5.74, 6) is -0.646. The molecule has 1 heterocycles. The van der Waals surface area contributed by atoms with Crippen LogP contribution in [-0.4, -0.2) is 36.1 Å². The number of carbonyl (C=O) groups excluding carboxylic acids is 1. The van der Waals surface area contributed by atoms with Crippen molar-refractivity contribution in [2.24, 2.45) is 0 Å². The molecule has 1 aromatic rings. The minimum absolute atomic E-state index is 0.00375. The van der Waals surface area contributed by atoms with Crippen LogP contribution in [0.4, 0.5) is 0 Å². The lowest BCUT2D eigenvalue weighted by Crippen LogP contribution is -2.25. The maximum Gasteiger partial charge on any atom is 0.358 e. The lowest BCUT2D eigenvalue weighted by molar-refractivity contribution is 0.0592. The minimum atomic E-state index is -0.646. The van der Waals surface area contributed by atoms with Crippen molar-refractivity contribution in [3.8, 4) is 0 Å². The molecule has 0 aliphatic carbocycles. The fraction of sp³-hybridized carbons (Fsp3) is 0.200. The second-order valence-corrected chi connectivity index (χ2v) is 2.96. The number of nitrogens with one attached hydrogen (secondary N) is 2. The van der Waals surface area contributed by atoms with Gasteiger partial charge in [-0.15, -0.1) is 0 Å². The van der Waals surface area contributed by atoms with Crippen LogP contribution in [0.1, 0.15) is 10.5 Å². The maximum absolute atomic E-state index is 11.5. The molecule has 2 N–H and O–H groups in total. The summed E-state index contributed by atoms with van der Waals surface area (Å²) in [6, 6.07) is 2.46. The normalized spacial score (nSPS) is 10.8. The fourth-order valence-corrected chi connectivity index (χ4v) is 1.12. The van der Waals surface area contributed by atoms with Crippen molar-refractivity contribution in [1.82, 2.24) is 15.1 Å². The second-order valence-electron chi connectivity index (χ2n) is 2.96. The zero-order chi connectivity index (χ0) is 12.8. The molecule has 0 saturated heterocycles. The molecule has 0 radical (unpaired) electrons. The largest absolute Gasteiger partial charge is 0.464 e. The third kappa shape index (κ3) is 2.77. The summed E-state index contributed by atoms with van der Waals surface area (Å²) < 4.78 is 5.44. The molecule has 90 valence electrons. The SMILES string of the molecule is CN/C=C(\C=N)n1nc(C(=O)OC)ccc1=O. The molecule has 7 heteroatoms. The van der Waals surface area contributed by atoms with Gasteiger partial charge >= 0.3 is 5.97 Å². The number of esters is 1. The van der Waals surface area contributed by atoms with E-state index in [9.17, 15) is 9.59 Å². The van der Waals surface area contributed by atoms with Gasteiger partial charge in [-0.3, -0.25) is 4.79 Å². The van der Waals surface area contributed by atoms with Gasteiger partial charge in [-0.2, -0.15) is 9.78 Å². The first kappa shape index (κ1) is 12.6. The molecule has 7 nitrogen and oxygen atoms in total. The molecule has 0 unspecified atom stereocenters. The smallest absolute Gasteiger partial charge is 0.358 e. The minimum Gasteiger partial charge on any atom is -0.464 e. The van der Waals surface area contributed by atoms with Crippen LogP contribution < -0.4 is 10.9 Å². The molecule has 0 bridgehead atoms. The third-order valence-corrected chi connectivity index (χ3v) is 1.88. The van der Waals surface area contributed by atoms with E-state index in [-0.39, 0.29) is 11.4 Å². The summed E-state index contributed by atoms with van der Waals surface area (Å²) >= 11 is 0. The second kappa shape index (κ2) is 5.59. The Balaban J connectivity index is 3.32. The number of hydrogen-bond donors (Lipinski definition) is 2. The van der Waals surface area contributed by atoms with E-state index < -0.39 is 11.5 Å². The predicted molar refractivity (Wildman–Crippen MR) is 62.0 cm³/mol. The fourth-order valence-electron chi connectivity index (χ4n) is 1.12. The molecule has 17 heavy (non-hydrogen) atoms. The predicted octanol–water partition coefficient (Wildman–Crippen LogP) is -0.303. The van der Waals surface area contributed by atoms with Crippen LogP contribution in [0.3, 0.4) is 0 Å². The quantitative estimate of drug-likeness (QED) is 0.552. The van der Waals surface area contributed by atoms with Gasteiger partial charge in [0.2, 0.25) is 0 Å². The van der Waals surface area contributed by atoms with Crippen molar-refractivity contribution in [3.05, 3.63) is 34.4 Å². The molecule has 0 spiro atoms. The maximum atomic E-state index is 11.5. The number of hydrogen-bond acceptors (Lipinski definition) is 6. The Morgan fingerprint density at radius 2 is 2.29 bits per heavy atom. The van der Waals surface area contributed by atoms with Gasteiger partial charge in [-0.05, 0) is 6.07 Å². The number of allylic oxidation sites excluding steroid dienone is 1. The van der Waals surface area contributed by atoms with E-state index in [4.69, 9.17) is 5.41 Å². The van der Waals surface area contributed by atoms with Crippen LogP contribution >= 0.6 is 0 Å². The summed E-state index contributed by atoms with van der Waals surface area (Å²) in [7, 11) is 2.85. The Labute approximate surface area is 97.2 Å². The Hall–Kier alpha value is -2.44. The van der Waals surface area contributed by atoms with Crippen LogP contribution in [0, 0.1) is 5.41 Å². The standard InChI is InChI=1S/C10H12N4O3/c1-12-6-7(5-11)14-9(15)4-3-8(13-14)10(16)17-2/h3-6,11-12H,1-2H3/b7-6+,11-5?. The number of nitrogens with zero attached hydrogens (tertiary/aromatic N) is 2. The molecule has 1 rings (SSSR count). The summed E-state index contributed by atoms with van der Waals surface area (Å²) in [5, 5.41) is 13.7. The topological polar surface area (TPSA) is 97.1 Å². The van der Waals surface area contributed by atoms with Crippen LogP contribution in [0.15, 0.2) is 23.1 Å². The zero-order valence-corrected chi connectivity index (χ0v) is 9.43. The molecule has 0 saturated carbocycles. The van der Waals surface area contributed by atoms with Crippen LogP contribution in [-0.2, 0) is 4.74 Å². The van der Waals surface area contributed by atoms with Gasteiger partial charge in [0, 0.05) is 25.5 Å². The lowest BCUT2D eigenvalue weighted by Gasteiger charge is -2.05. The zero-order valence-electron chi connectivity index (χ0n) is 9.43. The van der Waals surface area contributed by atoms with Gasteiger partial charge in [0.05, 0.1) is 7.11 Å². The average Bonchev–Trinajstić information content (AvgIpc) is 2.36. The highest BCUT2D eigenvalue weighted by atomic mass is 16.5. The summed E-state index contributed by atoms with van der Waals surface area (Å²) in [6.45, 7) is 0. The van der Waals surface area contributed by atoms with Crippen molar-refractivity contribution >= 4 is 17.9 Å². The lowest BCUT2D eigenvalue weighted by atomic mass is 10.4. The molecule has 0 aliphatic rings. The molecule has 0 aromatic carbocycles. The molecule has 0 fully saturated rings. The highest BCUT2D eigenvalue weighted by Crippen LogP contribution is 1.97. The molecular weight excluding hydrogens is 224 g/mol. The van der Waals surface area contributed by atoms with Gasteiger partial charge in [-0.25, -0.2) is 4.79 Å². The molecule has 0 atom stereocenters. The van der Waals surface area contributed by atoms with Crippen molar-refractivity contribution in [2.45, 2.75) is 0 Å². The van der Waals surface area contributed by atoms with Crippen molar-refractivity contribution < 1.29 is 9.53 Å². The summed E-state index contributed by atoms with van der Waals surface area (Å²) in [6.07, 6.45) is 2.37. The van der Waals surface area contributed by atoms with Crippen LogP contribution in [0.5, 0.6) is 0 Å². The number of aromatic nitrogens is 2. The molecular formula is C10H12N4O3. The Morgan fingerprint density at radius 1 is 1.59 bits per heavy atom. The van der Waals surface area contributed by atoms with Gasteiger partial charge < -0.3 is 15.5 Å². The molecule has 1 aromatic heterocycles. The number of methoxy groups -OCH3 is 1. The Morgan fingerprint density at radius 3 is 2.82 bits per heavy atom. The van der Waals surface area contributed by atoms with Crippen molar-refractivity contribution in [1.29, 1.82) is 5.41 Å². The van der Waals surface area contributed by atoms with Crippen molar-refractivity contribution in [2.75, 3.05) is 14.2 Å². The molecule has 0 amide bonds. The van der Waals surface area contributed by atoms with Gasteiger partial charge in [0.1, 0.15) is 5.70 Å². The van der Waals surface area contributed by atoms with E-state index >= 15 is 0 Å². The van der Waals surface area contributed by atoms with E-state index in [1.54, 1.807) is 7.05 Å². The van der Waals surface area contributed by atoms with E-state index in [1.165, 1.54) is 25.4 Å². The first-order chi connectivity index (χ1) is 8.13. The van der Waals surface area contributed by atoms with E-state index in [2.05, 4.69) is 15.2 Å². The van der Waals surface area contributed by atoms with E-state index in [1.807, 2.05) is 0 Å². The highest BCUT2D eigenvalue weighted by Gasteiger charge is 2.10. The van der Waals surface area contributed by atoms with E-state index in [0.29, 0.717) is 0 Å². The number of rotatable bonds is 4. The van der Waals surface area contributed by atoms with Gasteiger partial charge in [-0.1, -0.05) is 0 Å². The van der Waals surface area contributed by atoms with Crippen LogP contribution in [0.25, 0.3) is 5.70 Å². The van der Waals surface area contributed by atoms with Gasteiger partial charge in [0.15, 0.2) is 5.69 Å². The number of ether oxygens (including phenoxy) is 1. The monoisotopic (exact) mass is 236 g/mol. The number of carbonyl (C=O) groups is 1. The van der Waals surface area contributed by atoms with Gasteiger partial charge in [0.25, 0.3) is 5.56 Å². The summed E-state index contributed by atoms with van der Waals surface area (Å²) in [5.41, 5.74) is -0.234. The average molecular weight is 236 g/mol. The van der Waals surface area contributed by atoms with Crippen molar-refractivity contribution in [3.63, 3.8) is 0 Å². The Kier molecular flexibility index (Phi) is 4.15. The summed E-state index contributed by atoms with van der Waals surface area (Å²) in [4.78, 5) is 22.8. The molecule has 0 aliphatic heterocycles. The van der Waals surface area contributed by atoms with E-state index in [0.717, 1.165) is 10.9 Å². The van der Waals surface area contributed by atoms with Crippen LogP contribution in [0.2, 0.25) is 0 Å².